The second-order valence-electron chi connectivity index (χ2n) is 3.72. The Kier molecular flexibility index (Phi) is 6.68. The summed E-state index contributed by atoms with van der Waals surface area (Å²) in [6, 6.07) is 2.09. The summed E-state index contributed by atoms with van der Waals surface area (Å²) in [6.45, 7) is 0.679. The van der Waals surface area contributed by atoms with E-state index >= 15 is 0 Å². The molecule has 3 nitrogen and oxygen atoms in total. The molecule has 1 rings (SSSR count). The highest BCUT2D eigenvalue weighted by molar-refractivity contribution is 9.10. The standard InChI is InChI=1S/C12H13BrClF2NO2/c1-19-5-4-17(3-2-14)12(18)11-9(15)6-8(13)7-10(11)16/h6-7H,2-5H2,1H3. The smallest absolute Gasteiger partial charge is 0.259 e. The first-order chi connectivity index (χ1) is 9.01. The topological polar surface area (TPSA) is 29.5 Å². The van der Waals surface area contributed by atoms with Crippen molar-refractivity contribution in [3.05, 3.63) is 33.8 Å². The summed E-state index contributed by atoms with van der Waals surface area (Å²) in [4.78, 5) is 13.4. The minimum atomic E-state index is -0.908. The van der Waals surface area contributed by atoms with Crippen LogP contribution in [0.4, 0.5) is 8.78 Å². The number of amides is 1. The Morgan fingerprint density at radius 2 is 1.95 bits per heavy atom. The summed E-state index contributed by atoms with van der Waals surface area (Å²) in [7, 11) is 1.48. The summed E-state index contributed by atoms with van der Waals surface area (Å²) in [5.41, 5.74) is -0.579. The molecule has 0 saturated carbocycles. The van der Waals surface area contributed by atoms with E-state index in [4.69, 9.17) is 16.3 Å². The maximum Gasteiger partial charge on any atom is 0.259 e. The Morgan fingerprint density at radius 3 is 2.42 bits per heavy atom. The third-order valence-electron chi connectivity index (χ3n) is 2.43. The van der Waals surface area contributed by atoms with Gasteiger partial charge in [-0.3, -0.25) is 4.79 Å². The lowest BCUT2D eigenvalue weighted by Gasteiger charge is -2.21. The van der Waals surface area contributed by atoms with Gasteiger partial charge in [0.05, 0.1) is 6.61 Å². The van der Waals surface area contributed by atoms with Crippen molar-refractivity contribution in [2.75, 3.05) is 32.7 Å². The van der Waals surface area contributed by atoms with E-state index in [-0.39, 0.29) is 30.0 Å². The highest BCUT2D eigenvalue weighted by atomic mass is 79.9. The molecule has 106 valence electrons. The lowest BCUT2D eigenvalue weighted by molar-refractivity contribution is 0.0698. The summed E-state index contributed by atoms with van der Waals surface area (Å²) < 4.78 is 32.5. The number of ether oxygens (including phenoxy) is 1. The van der Waals surface area contributed by atoms with Gasteiger partial charge in [0, 0.05) is 30.6 Å². The third-order valence-corrected chi connectivity index (χ3v) is 3.05. The van der Waals surface area contributed by atoms with Gasteiger partial charge in [0.25, 0.3) is 5.91 Å². The summed E-state index contributed by atoms with van der Waals surface area (Å²) in [5, 5.41) is 0. The van der Waals surface area contributed by atoms with Gasteiger partial charge in [0.1, 0.15) is 17.2 Å². The van der Waals surface area contributed by atoms with Gasteiger partial charge in [-0.05, 0) is 12.1 Å². The lowest BCUT2D eigenvalue weighted by atomic mass is 10.1. The van der Waals surface area contributed by atoms with E-state index in [1.165, 1.54) is 12.0 Å². The first-order valence-corrected chi connectivity index (χ1v) is 6.82. The number of halogens is 4. The number of rotatable bonds is 6. The zero-order chi connectivity index (χ0) is 14.4. The van der Waals surface area contributed by atoms with E-state index < -0.39 is 23.1 Å². The van der Waals surface area contributed by atoms with Crippen molar-refractivity contribution in [3.63, 3.8) is 0 Å². The first kappa shape index (κ1) is 16.3. The highest BCUT2D eigenvalue weighted by Crippen LogP contribution is 2.21. The van der Waals surface area contributed by atoms with Crippen LogP contribution in [-0.2, 0) is 4.74 Å². The SMILES string of the molecule is COCCN(CCCl)C(=O)c1c(F)cc(Br)cc1F. The van der Waals surface area contributed by atoms with E-state index in [1.54, 1.807) is 0 Å². The van der Waals surface area contributed by atoms with Crippen molar-refractivity contribution in [2.45, 2.75) is 0 Å². The number of carbonyl (C=O) groups is 1. The molecule has 0 saturated heterocycles. The molecule has 0 heterocycles. The average Bonchev–Trinajstić information content (AvgIpc) is 2.33. The van der Waals surface area contributed by atoms with Crippen molar-refractivity contribution in [1.29, 1.82) is 0 Å². The van der Waals surface area contributed by atoms with Crippen LogP contribution in [0.25, 0.3) is 0 Å². The van der Waals surface area contributed by atoms with Crippen LogP contribution >= 0.6 is 27.5 Å². The van der Waals surface area contributed by atoms with Crippen LogP contribution in [0.1, 0.15) is 10.4 Å². The Morgan fingerprint density at radius 1 is 1.37 bits per heavy atom. The van der Waals surface area contributed by atoms with Crippen LogP contribution in [0.15, 0.2) is 16.6 Å². The molecular weight excluding hydrogens is 343 g/mol. The van der Waals surface area contributed by atoms with Crippen LogP contribution in [0.2, 0.25) is 0 Å². The van der Waals surface area contributed by atoms with Crippen LogP contribution in [0.5, 0.6) is 0 Å². The maximum atomic E-state index is 13.7. The second kappa shape index (κ2) is 7.77. The number of carbonyl (C=O) groups excluding carboxylic acids is 1. The first-order valence-electron chi connectivity index (χ1n) is 5.50. The van der Waals surface area contributed by atoms with Crippen molar-refractivity contribution in [2.24, 2.45) is 0 Å². The summed E-state index contributed by atoms with van der Waals surface area (Å²) >= 11 is 8.54. The molecule has 19 heavy (non-hydrogen) atoms. The molecule has 0 atom stereocenters. The number of hydrogen-bond acceptors (Lipinski definition) is 2. The quantitative estimate of drug-likeness (QED) is 0.733. The zero-order valence-electron chi connectivity index (χ0n) is 10.3. The Balaban J connectivity index is 3.02. The summed E-state index contributed by atoms with van der Waals surface area (Å²) in [6.07, 6.45) is 0. The Hall–Kier alpha value is -0.720. The molecule has 0 aliphatic heterocycles. The van der Waals surface area contributed by atoms with Gasteiger partial charge in [-0.15, -0.1) is 11.6 Å². The lowest BCUT2D eigenvalue weighted by Crippen LogP contribution is -2.36. The molecule has 0 fully saturated rings. The van der Waals surface area contributed by atoms with Gasteiger partial charge in [-0.1, -0.05) is 15.9 Å². The fraction of sp³-hybridized carbons (Fsp3) is 0.417. The molecule has 0 radical (unpaired) electrons. The predicted molar refractivity (Wildman–Crippen MR) is 72.6 cm³/mol. The molecule has 1 amide bonds. The molecule has 1 aromatic rings. The van der Waals surface area contributed by atoms with Crippen LogP contribution < -0.4 is 0 Å². The van der Waals surface area contributed by atoms with Crippen molar-refractivity contribution in [1.82, 2.24) is 4.90 Å². The number of hydrogen-bond donors (Lipinski definition) is 0. The van der Waals surface area contributed by atoms with Crippen molar-refractivity contribution >= 4 is 33.4 Å². The summed E-state index contributed by atoms with van der Waals surface area (Å²) in [5.74, 6) is -2.38. The molecule has 1 aromatic carbocycles. The normalized spacial score (nSPS) is 10.6. The predicted octanol–water partition coefficient (Wildman–Crippen LogP) is 3.05. The number of methoxy groups -OCH3 is 1. The molecule has 0 aliphatic carbocycles. The van der Waals surface area contributed by atoms with E-state index in [0.29, 0.717) is 0 Å². The van der Waals surface area contributed by atoms with Crippen molar-refractivity contribution < 1.29 is 18.3 Å². The van der Waals surface area contributed by atoms with E-state index in [1.807, 2.05) is 0 Å². The van der Waals surface area contributed by atoms with E-state index in [9.17, 15) is 13.6 Å². The van der Waals surface area contributed by atoms with Crippen molar-refractivity contribution in [3.8, 4) is 0 Å². The van der Waals surface area contributed by atoms with Gasteiger partial charge in [0.15, 0.2) is 0 Å². The van der Waals surface area contributed by atoms with E-state index in [0.717, 1.165) is 12.1 Å². The minimum absolute atomic E-state index is 0.176. The number of nitrogens with zero attached hydrogens (tertiary/aromatic N) is 1. The fourth-order valence-corrected chi connectivity index (χ4v) is 2.13. The Bertz CT molecular complexity index is 436. The van der Waals surface area contributed by atoms with Gasteiger partial charge >= 0.3 is 0 Å². The second-order valence-corrected chi connectivity index (χ2v) is 5.01. The highest BCUT2D eigenvalue weighted by Gasteiger charge is 2.23. The van der Waals surface area contributed by atoms with Gasteiger partial charge in [0.2, 0.25) is 0 Å². The fourth-order valence-electron chi connectivity index (χ4n) is 1.52. The molecule has 7 heteroatoms. The monoisotopic (exact) mass is 355 g/mol. The minimum Gasteiger partial charge on any atom is -0.383 e. The molecular formula is C12H13BrClF2NO2. The number of benzene rings is 1. The van der Waals surface area contributed by atoms with Crippen LogP contribution in [-0.4, -0.2) is 43.5 Å². The van der Waals surface area contributed by atoms with Crippen LogP contribution in [0, 0.1) is 11.6 Å². The largest absolute Gasteiger partial charge is 0.383 e. The van der Waals surface area contributed by atoms with Crippen LogP contribution in [0.3, 0.4) is 0 Å². The number of alkyl halides is 1. The third kappa shape index (κ3) is 4.40. The average molecular weight is 357 g/mol. The van der Waals surface area contributed by atoms with Gasteiger partial charge in [-0.2, -0.15) is 0 Å². The molecule has 0 N–H and O–H groups in total. The van der Waals surface area contributed by atoms with Gasteiger partial charge in [-0.25, -0.2) is 8.78 Å². The Labute approximate surface area is 123 Å². The molecule has 0 spiro atoms. The van der Waals surface area contributed by atoms with E-state index in [2.05, 4.69) is 15.9 Å². The van der Waals surface area contributed by atoms with Gasteiger partial charge < -0.3 is 9.64 Å². The molecule has 0 unspecified atom stereocenters. The molecule has 0 bridgehead atoms. The molecule has 0 aliphatic rings. The zero-order valence-corrected chi connectivity index (χ0v) is 12.6. The molecule has 0 aromatic heterocycles. The maximum absolute atomic E-state index is 13.7.